The Morgan fingerprint density at radius 2 is 1.97 bits per heavy atom. The average Bonchev–Trinajstić information content (AvgIpc) is 3.19. The Hall–Kier alpha value is -2.39. The van der Waals surface area contributed by atoms with Gasteiger partial charge in [-0.3, -0.25) is 14.9 Å². The molecule has 0 radical (unpaired) electrons. The first kappa shape index (κ1) is 22.8. The van der Waals surface area contributed by atoms with Gasteiger partial charge in [-0.2, -0.15) is 0 Å². The van der Waals surface area contributed by atoms with E-state index in [9.17, 15) is 9.59 Å². The number of hydrogen-bond donors (Lipinski definition) is 3. The molecule has 166 valence electrons. The summed E-state index contributed by atoms with van der Waals surface area (Å²) in [4.78, 5) is 30.4. The molecule has 2 atom stereocenters. The van der Waals surface area contributed by atoms with Gasteiger partial charge >= 0.3 is 0 Å². The van der Waals surface area contributed by atoms with E-state index >= 15 is 0 Å². The molecule has 1 saturated heterocycles. The van der Waals surface area contributed by atoms with Crippen molar-refractivity contribution in [2.45, 2.75) is 31.4 Å². The maximum absolute atomic E-state index is 12.3. The number of aryl methyl sites for hydroxylation is 1. The Morgan fingerprint density at radius 3 is 2.75 bits per heavy atom. The van der Waals surface area contributed by atoms with Crippen LogP contribution in [0.2, 0.25) is 5.02 Å². The van der Waals surface area contributed by atoms with Crippen LogP contribution in [-0.4, -0.2) is 28.0 Å². The highest BCUT2D eigenvalue weighted by Crippen LogP contribution is 2.34. The predicted octanol–water partition coefficient (Wildman–Crippen LogP) is 4.26. The Bertz CT molecular complexity index is 1110. The van der Waals surface area contributed by atoms with Gasteiger partial charge in [0.25, 0.3) is 0 Å². The van der Waals surface area contributed by atoms with Gasteiger partial charge in [0.15, 0.2) is 0 Å². The minimum atomic E-state index is -0.353. The zero-order valence-corrected chi connectivity index (χ0v) is 19.8. The molecule has 1 aliphatic heterocycles. The lowest BCUT2D eigenvalue weighted by Gasteiger charge is -2.30. The normalized spacial score (nSPS) is 18.2. The highest BCUT2D eigenvalue weighted by Gasteiger charge is 2.30. The minimum absolute atomic E-state index is 0.0446. The number of rotatable bonds is 7. The fourth-order valence-electron chi connectivity index (χ4n) is 3.41. The van der Waals surface area contributed by atoms with Gasteiger partial charge in [-0.1, -0.05) is 60.1 Å². The summed E-state index contributed by atoms with van der Waals surface area (Å²) in [7, 11) is 0. The first-order valence-electron chi connectivity index (χ1n) is 10.2. The van der Waals surface area contributed by atoms with E-state index in [1.54, 1.807) is 17.4 Å². The lowest BCUT2D eigenvalue weighted by atomic mass is 10.1. The molecule has 2 aromatic carbocycles. The van der Waals surface area contributed by atoms with Crippen molar-refractivity contribution in [3.63, 3.8) is 0 Å². The molecule has 3 aromatic rings. The molecule has 32 heavy (non-hydrogen) atoms. The van der Waals surface area contributed by atoms with Gasteiger partial charge in [0.05, 0.1) is 17.5 Å². The summed E-state index contributed by atoms with van der Waals surface area (Å²) >= 11 is 9.08. The molecule has 9 heteroatoms. The van der Waals surface area contributed by atoms with Crippen molar-refractivity contribution in [1.29, 1.82) is 0 Å². The summed E-state index contributed by atoms with van der Waals surface area (Å²) in [6.07, 6.45) is 0.340. The van der Waals surface area contributed by atoms with E-state index in [0.717, 1.165) is 26.7 Å². The van der Waals surface area contributed by atoms with Crippen LogP contribution in [0, 0.1) is 6.92 Å². The van der Waals surface area contributed by atoms with E-state index in [0.29, 0.717) is 18.0 Å². The molecule has 0 aliphatic carbocycles. The zero-order chi connectivity index (χ0) is 22.5. The lowest BCUT2D eigenvalue weighted by molar-refractivity contribution is -0.123. The number of hydrogen-bond acceptors (Lipinski definition) is 6. The second-order valence-corrected chi connectivity index (χ2v) is 9.92. The molecule has 0 spiro atoms. The Labute approximate surface area is 200 Å². The van der Waals surface area contributed by atoms with Gasteiger partial charge in [0.1, 0.15) is 10.5 Å². The van der Waals surface area contributed by atoms with E-state index in [-0.39, 0.29) is 29.1 Å². The second kappa shape index (κ2) is 10.5. The molecule has 3 N–H and O–H groups in total. The third-order valence-corrected chi connectivity index (χ3v) is 7.72. The van der Waals surface area contributed by atoms with Gasteiger partial charge in [0, 0.05) is 28.4 Å². The summed E-state index contributed by atoms with van der Waals surface area (Å²) < 4.78 is 0. The summed E-state index contributed by atoms with van der Waals surface area (Å²) in [5, 5.41) is 10.8. The topological polar surface area (TPSA) is 83.1 Å². The largest absolute Gasteiger partial charge is 0.351 e. The van der Waals surface area contributed by atoms with E-state index in [4.69, 9.17) is 16.6 Å². The average molecular weight is 487 g/mol. The van der Waals surface area contributed by atoms with Gasteiger partial charge in [-0.15, -0.1) is 23.1 Å². The number of halogens is 1. The molecule has 0 bridgehead atoms. The van der Waals surface area contributed by atoms with E-state index in [1.807, 2.05) is 55.5 Å². The minimum Gasteiger partial charge on any atom is -0.351 e. The number of amides is 2. The first-order chi connectivity index (χ1) is 15.5. The van der Waals surface area contributed by atoms with Crippen molar-refractivity contribution in [2.75, 3.05) is 5.75 Å². The van der Waals surface area contributed by atoms with E-state index in [2.05, 4.69) is 16.0 Å². The van der Waals surface area contributed by atoms with Gasteiger partial charge < -0.3 is 10.6 Å². The smallest absolute Gasteiger partial charge is 0.230 e. The zero-order valence-electron chi connectivity index (χ0n) is 17.4. The molecule has 1 aromatic heterocycles. The SMILES string of the molecule is Cc1nc(-c2ccccc2)sc1C1CC(=O)NC(SCC(=O)NCc2ccccc2Cl)N1. The lowest BCUT2D eigenvalue weighted by Crippen LogP contribution is -2.51. The third-order valence-electron chi connectivity index (χ3n) is 5.02. The maximum Gasteiger partial charge on any atom is 0.230 e. The molecule has 1 aliphatic rings. The van der Waals surface area contributed by atoms with Gasteiger partial charge in [-0.25, -0.2) is 4.98 Å². The van der Waals surface area contributed by atoms with Crippen LogP contribution in [0.4, 0.5) is 0 Å². The molecule has 2 unspecified atom stereocenters. The molecule has 1 fully saturated rings. The summed E-state index contributed by atoms with van der Waals surface area (Å²) in [6, 6.07) is 17.3. The highest BCUT2D eigenvalue weighted by molar-refractivity contribution is 8.00. The van der Waals surface area contributed by atoms with Crippen LogP contribution in [0.3, 0.4) is 0 Å². The van der Waals surface area contributed by atoms with Crippen LogP contribution in [0.1, 0.15) is 28.6 Å². The predicted molar refractivity (Wildman–Crippen MR) is 130 cm³/mol. The molecular weight excluding hydrogens is 464 g/mol. The highest BCUT2D eigenvalue weighted by atomic mass is 35.5. The van der Waals surface area contributed by atoms with Gasteiger partial charge in [-0.05, 0) is 18.6 Å². The number of aromatic nitrogens is 1. The van der Waals surface area contributed by atoms with Crippen molar-refractivity contribution in [3.8, 4) is 10.6 Å². The number of nitrogens with one attached hydrogen (secondary N) is 3. The van der Waals surface area contributed by atoms with Gasteiger partial charge in [0.2, 0.25) is 11.8 Å². The van der Waals surface area contributed by atoms with Crippen molar-refractivity contribution in [1.82, 2.24) is 20.9 Å². The van der Waals surface area contributed by atoms with Crippen molar-refractivity contribution < 1.29 is 9.59 Å². The quantitative estimate of drug-likeness (QED) is 0.465. The van der Waals surface area contributed by atoms with Crippen LogP contribution in [-0.2, 0) is 16.1 Å². The summed E-state index contributed by atoms with van der Waals surface area (Å²) in [5.41, 5.74) is 2.50. The van der Waals surface area contributed by atoms with Crippen LogP contribution in [0.5, 0.6) is 0 Å². The standard InChI is InChI=1S/C23H23ClN4O2S2/c1-14-21(32-22(26-14)15-7-3-2-4-8-15)18-11-19(29)28-23(27-18)31-13-20(30)25-12-16-9-5-6-10-17(16)24/h2-10,18,23,27H,11-13H2,1H3,(H,25,30)(H,28,29). The fraction of sp³-hybridized carbons (Fsp3) is 0.261. The monoisotopic (exact) mass is 486 g/mol. The van der Waals surface area contributed by atoms with Crippen molar-refractivity contribution in [3.05, 3.63) is 75.8 Å². The van der Waals surface area contributed by atoms with E-state index < -0.39 is 0 Å². The number of thioether (sulfide) groups is 1. The Morgan fingerprint density at radius 1 is 1.22 bits per heavy atom. The number of carbonyl (C=O) groups is 2. The maximum atomic E-state index is 12.3. The van der Waals surface area contributed by atoms with Crippen molar-refractivity contribution >= 4 is 46.5 Å². The Kier molecular flexibility index (Phi) is 7.47. The number of carbonyl (C=O) groups excluding carboxylic acids is 2. The fourth-order valence-corrected chi connectivity index (χ4v) is 5.64. The molecule has 2 heterocycles. The summed E-state index contributed by atoms with van der Waals surface area (Å²) in [5.74, 6) is 0.0525. The van der Waals surface area contributed by atoms with Crippen LogP contribution >= 0.6 is 34.7 Å². The second-order valence-electron chi connectivity index (χ2n) is 7.38. The molecule has 4 rings (SSSR count). The van der Waals surface area contributed by atoms with Crippen molar-refractivity contribution in [2.24, 2.45) is 0 Å². The summed E-state index contributed by atoms with van der Waals surface area (Å²) in [6.45, 7) is 2.34. The van der Waals surface area contributed by atoms with E-state index in [1.165, 1.54) is 11.8 Å². The van der Waals surface area contributed by atoms with Crippen LogP contribution < -0.4 is 16.0 Å². The molecular formula is C23H23ClN4O2S2. The van der Waals surface area contributed by atoms with Crippen LogP contribution in [0.25, 0.3) is 10.6 Å². The number of benzene rings is 2. The Balaban J connectivity index is 1.34. The third kappa shape index (κ3) is 5.69. The number of nitrogens with zero attached hydrogens (tertiary/aromatic N) is 1. The molecule has 6 nitrogen and oxygen atoms in total. The molecule has 2 amide bonds. The number of thiazole rings is 1. The first-order valence-corrected chi connectivity index (χ1v) is 12.4. The van der Waals surface area contributed by atoms with Crippen LogP contribution in [0.15, 0.2) is 54.6 Å². The molecule has 0 saturated carbocycles.